The van der Waals surface area contributed by atoms with Crippen LogP contribution in [0.4, 0.5) is 18.0 Å². The molecule has 0 unspecified atom stereocenters. The van der Waals surface area contributed by atoms with E-state index in [0.717, 1.165) is 17.7 Å². The topological polar surface area (TPSA) is 23.6 Å². The van der Waals surface area contributed by atoms with E-state index in [1.54, 1.807) is 11.8 Å². The van der Waals surface area contributed by atoms with Gasteiger partial charge in [0.25, 0.3) is 0 Å². The highest BCUT2D eigenvalue weighted by molar-refractivity contribution is 5.79. The first-order valence-electron chi connectivity index (χ1n) is 5.01. The van der Waals surface area contributed by atoms with Gasteiger partial charge in [-0.3, -0.25) is 0 Å². The maximum absolute atomic E-state index is 12.2. The van der Waals surface area contributed by atoms with Gasteiger partial charge in [0.15, 0.2) is 0 Å². The van der Waals surface area contributed by atoms with Gasteiger partial charge in [-0.15, -0.1) is 0 Å². The Hall–Kier alpha value is -0.940. The van der Waals surface area contributed by atoms with Crippen molar-refractivity contribution < 1.29 is 18.0 Å². The second-order valence-electron chi connectivity index (χ2n) is 4.22. The van der Waals surface area contributed by atoms with Gasteiger partial charge in [0.05, 0.1) is 5.54 Å². The number of carbonyl (C=O) groups excluding carboxylic acids is 1. The lowest BCUT2D eigenvalue weighted by molar-refractivity contribution is -0.138. The molecule has 3 nitrogen and oxygen atoms in total. The number of carbonyl (C=O) groups is 1. The lowest BCUT2D eigenvalue weighted by Gasteiger charge is -2.20. The van der Waals surface area contributed by atoms with E-state index in [1.165, 1.54) is 0 Å². The molecular formula is C9H13F3N2O. The Morgan fingerprint density at radius 2 is 2.00 bits per heavy atom. The normalized spacial score (nSPS) is 24.1. The van der Waals surface area contributed by atoms with Crippen LogP contribution in [-0.4, -0.2) is 47.2 Å². The van der Waals surface area contributed by atoms with Crippen molar-refractivity contribution >= 4 is 6.03 Å². The summed E-state index contributed by atoms with van der Waals surface area (Å²) in [7, 11) is 0. The number of hydrogen-bond acceptors (Lipinski definition) is 1. The molecule has 0 aromatic rings. The Balaban J connectivity index is 2.08. The van der Waals surface area contributed by atoms with Crippen molar-refractivity contribution in [3.8, 4) is 0 Å². The summed E-state index contributed by atoms with van der Waals surface area (Å²) in [6.45, 7) is 1.41. The average molecular weight is 222 g/mol. The lowest BCUT2D eigenvalue weighted by Crippen LogP contribution is -2.38. The van der Waals surface area contributed by atoms with E-state index >= 15 is 0 Å². The molecule has 2 rings (SSSR count). The van der Waals surface area contributed by atoms with Crippen LogP contribution in [0.1, 0.15) is 19.8 Å². The molecule has 1 aliphatic heterocycles. The fourth-order valence-corrected chi connectivity index (χ4v) is 2.26. The summed E-state index contributed by atoms with van der Waals surface area (Å²) in [6, 6.07) is -0.465. The molecule has 0 aromatic heterocycles. The number of likely N-dealkylation sites (N-methyl/N-ethyl adjacent to an activating group) is 1. The number of urea groups is 1. The predicted octanol–water partition coefficient (Wildman–Crippen LogP) is 1.84. The van der Waals surface area contributed by atoms with Crippen molar-refractivity contribution in [3.05, 3.63) is 0 Å². The van der Waals surface area contributed by atoms with Crippen LogP contribution in [0.5, 0.6) is 0 Å². The van der Waals surface area contributed by atoms with Crippen LogP contribution in [-0.2, 0) is 0 Å². The highest BCUT2D eigenvalue weighted by Gasteiger charge is 2.58. The molecular weight excluding hydrogens is 209 g/mol. The van der Waals surface area contributed by atoms with Crippen LogP contribution in [0.2, 0.25) is 0 Å². The molecule has 2 amide bonds. The molecule has 1 saturated carbocycles. The minimum absolute atomic E-state index is 0.235. The van der Waals surface area contributed by atoms with Crippen molar-refractivity contribution in [2.75, 3.05) is 19.6 Å². The van der Waals surface area contributed by atoms with Crippen LogP contribution < -0.4 is 0 Å². The van der Waals surface area contributed by atoms with Gasteiger partial charge in [-0.25, -0.2) is 4.79 Å². The Kier molecular flexibility index (Phi) is 2.13. The number of hydrogen-bond donors (Lipinski definition) is 0. The van der Waals surface area contributed by atoms with E-state index in [-0.39, 0.29) is 12.1 Å². The Bertz CT molecular complexity index is 286. The fourth-order valence-electron chi connectivity index (χ4n) is 2.26. The molecule has 1 spiro atoms. The van der Waals surface area contributed by atoms with Crippen molar-refractivity contribution in [1.82, 2.24) is 9.80 Å². The Morgan fingerprint density at radius 1 is 1.40 bits per heavy atom. The van der Waals surface area contributed by atoms with Crippen molar-refractivity contribution in [1.29, 1.82) is 0 Å². The van der Waals surface area contributed by atoms with Crippen LogP contribution in [0, 0.1) is 0 Å². The zero-order valence-corrected chi connectivity index (χ0v) is 8.47. The van der Waals surface area contributed by atoms with E-state index < -0.39 is 18.8 Å². The first-order chi connectivity index (χ1) is 6.88. The molecule has 1 heterocycles. The molecule has 0 bridgehead atoms. The number of rotatable bonds is 2. The fraction of sp³-hybridized carbons (Fsp3) is 0.889. The van der Waals surface area contributed by atoms with E-state index in [4.69, 9.17) is 0 Å². The highest BCUT2D eigenvalue weighted by Crippen LogP contribution is 2.47. The highest BCUT2D eigenvalue weighted by atomic mass is 19.4. The van der Waals surface area contributed by atoms with Crippen LogP contribution in [0.3, 0.4) is 0 Å². The molecule has 1 saturated heterocycles. The molecule has 2 fully saturated rings. The maximum Gasteiger partial charge on any atom is 0.406 e. The molecule has 6 heteroatoms. The van der Waals surface area contributed by atoms with E-state index in [9.17, 15) is 18.0 Å². The number of halogens is 3. The summed E-state index contributed by atoms with van der Waals surface area (Å²) < 4.78 is 36.5. The second kappa shape index (κ2) is 3.02. The summed E-state index contributed by atoms with van der Waals surface area (Å²) in [4.78, 5) is 14.1. The number of nitrogens with zero attached hydrogens (tertiary/aromatic N) is 2. The lowest BCUT2D eigenvalue weighted by atomic mass is 10.2. The largest absolute Gasteiger partial charge is 0.406 e. The minimum Gasteiger partial charge on any atom is -0.317 e. The smallest absolute Gasteiger partial charge is 0.317 e. The van der Waals surface area contributed by atoms with Crippen molar-refractivity contribution in [2.45, 2.75) is 31.5 Å². The zero-order chi connectivity index (χ0) is 11.3. The van der Waals surface area contributed by atoms with Gasteiger partial charge in [-0.05, 0) is 19.8 Å². The first kappa shape index (κ1) is 10.6. The molecule has 86 valence electrons. The van der Waals surface area contributed by atoms with Gasteiger partial charge in [0.1, 0.15) is 6.54 Å². The Morgan fingerprint density at radius 3 is 2.33 bits per heavy atom. The Labute approximate surface area is 85.8 Å². The standard InChI is InChI=1S/C9H13F3N2O/c1-2-14-7(15)13(6-9(10,11)12)5-8(14)3-4-8/h2-6H2,1H3. The average Bonchev–Trinajstić information content (AvgIpc) is 2.77. The third-order valence-electron chi connectivity index (χ3n) is 3.07. The van der Waals surface area contributed by atoms with Crippen LogP contribution >= 0.6 is 0 Å². The molecule has 0 aromatic carbocycles. The van der Waals surface area contributed by atoms with Crippen molar-refractivity contribution in [2.24, 2.45) is 0 Å². The third kappa shape index (κ3) is 1.77. The first-order valence-corrected chi connectivity index (χ1v) is 5.01. The summed E-state index contributed by atoms with van der Waals surface area (Å²) in [5.74, 6) is 0. The SMILES string of the molecule is CCN1C(=O)N(CC(F)(F)F)CC12CC2. The molecule has 1 aliphatic carbocycles. The van der Waals surface area contributed by atoms with E-state index in [0.29, 0.717) is 6.54 Å². The number of alkyl halides is 3. The molecule has 0 atom stereocenters. The summed E-state index contributed by atoms with van der Waals surface area (Å²) >= 11 is 0. The van der Waals surface area contributed by atoms with E-state index in [1.807, 2.05) is 0 Å². The quantitative estimate of drug-likeness (QED) is 0.699. The summed E-state index contributed by atoms with van der Waals surface area (Å²) in [5.41, 5.74) is -0.267. The molecule has 0 N–H and O–H groups in total. The van der Waals surface area contributed by atoms with Gasteiger partial charge < -0.3 is 9.80 Å². The van der Waals surface area contributed by atoms with E-state index in [2.05, 4.69) is 0 Å². The third-order valence-corrected chi connectivity index (χ3v) is 3.07. The zero-order valence-electron chi connectivity index (χ0n) is 8.47. The molecule has 2 aliphatic rings. The summed E-state index contributed by atoms with van der Waals surface area (Å²) in [6.07, 6.45) is -2.63. The minimum atomic E-state index is -4.30. The van der Waals surface area contributed by atoms with Gasteiger partial charge in [0.2, 0.25) is 0 Å². The summed E-state index contributed by atoms with van der Waals surface area (Å²) in [5, 5.41) is 0. The van der Waals surface area contributed by atoms with Gasteiger partial charge in [-0.1, -0.05) is 0 Å². The second-order valence-corrected chi connectivity index (χ2v) is 4.22. The van der Waals surface area contributed by atoms with Crippen molar-refractivity contribution in [3.63, 3.8) is 0 Å². The van der Waals surface area contributed by atoms with Gasteiger partial charge in [0, 0.05) is 13.1 Å². The van der Waals surface area contributed by atoms with Gasteiger partial charge in [-0.2, -0.15) is 13.2 Å². The number of amides is 2. The van der Waals surface area contributed by atoms with Gasteiger partial charge >= 0.3 is 12.2 Å². The maximum atomic E-state index is 12.2. The van der Waals surface area contributed by atoms with Crippen LogP contribution in [0.25, 0.3) is 0 Å². The monoisotopic (exact) mass is 222 g/mol. The predicted molar refractivity (Wildman–Crippen MR) is 47.4 cm³/mol. The molecule has 0 radical (unpaired) electrons. The van der Waals surface area contributed by atoms with Crippen LogP contribution in [0.15, 0.2) is 0 Å². The molecule has 15 heavy (non-hydrogen) atoms.